The van der Waals surface area contributed by atoms with Gasteiger partial charge in [-0.05, 0) is 18.4 Å². The van der Waals surface area contributed by atoms with Crippen molar-refractivity contribution in [3.63, 3.8) is 0 Å². The third-order valence-electron chi connectivity index (χ3n) is 3.21. The second-order valence-electron chi connectivity index (χ2n) is 4.94. The van der Waals surface area contributed by atoms with Gasteiger partial charge in [-0.1, -0.05) is 30.3 Å². The standard InChI is InChI=1S/C16H24N2O4/c1-22-13-12-18(11-9-14-6-3-2-4-7-14)16(21)17-10-5-8-15(19)20/h2-4,6-7H,5,8-13H2,1H3,(H,17,21)(H,19,20). The van der Waals surface area contributed by atoms with Crippen molar-refractivity contribution in [3.8, 4) is 0 Å². The summed E-state index contributed by atoms with van der Waals surface area (Å²) in [7, 11) is 1.60. The fourth-order valence-electron chi connectivity index (χ4n) is 1.97. The smallest absolute Gasteiger partial charge is 0.317 e. The van der Waals surface area contributed by atoms with Crippen LogP contribution in [0.1, 0.15) is 18.4 Å². The van der Waals surface area contributed by atoms with Crippen molar-refractivity contribution < 1.29 is 19.4 Å². The Bertz CT molecular complexity index is 451. The molecule has 1 aromatic carbocycles. The number of hydrogen-bond donors (Lipinski definition) is 2. The molecule has 0 heterocycles. The lowest BCUT2D eigenvalue weighted by Crippen LogP contribution is -2.43. The summed E-state index contributed by atoms with van der Waals surface area (Å²) in [6.07, 6.45) is 1.26. The van der Waals surface area contributed by atoms with Gasteiger partial charge in [0, 0.05) is 33.2 Å². The predicted molar refractivity (Wildman–Crippen MR) is 83.9 cm³/mol. The van der Waals surface area contributed by atoms with Gasteiger partial charge in [-0.25, -0.2) is 4.79 Å². The zero-order valence-corrected chi connectivity index (χ0v) is 13.0. The summed E-state index contributed by atoms with van der Waals surface area (Å²) >= 11 is 0. The summed E-state index contributed by atoms with van der Waals surface area (Å²) in [4.78, 5) is 24.3. The number of benzene rings is 1. The summed E-state index contributed by atoms with van der Waals surface area (Å²) < 4.78 is 5.03. The van der Waals surface area contributed by atoms with Crippen LogP contribution >= 0.6 is 0 Å². The summed E-state index contributed by atoms with van der Waals surface area (Å²) in [5, 5.41) is 11.3. The Hall–Kier alpha value is -2.08. The topological polar surface area (TPSA) is 78.9 Å². The molecule has 0 aromatic heterocycles. The molecule has 0 spiro atoms. The maximum Gasteiger partial charge on any atom is 0.317 e. The van der Waals surface area contributed by atoms with Crippen LogP contribution < -0.4 is 5.32 Å². The van der Waals surface area contributed by atoms with Crippen LogP contribution in [0.25, 0.3) is 0 Å². The fraction of sp³-hybridized carbons (Fsp3) is 0.500. The van der Waals surface area contributed by atoms with Crippen LogP contribution in [-0.2, 0) is 16.0 Å². The van der Waals surface area contributed by atoms with Crippen molar-refractivity contribution in [1.82, 2.24) is 10.2 Å². The van der Waals surface area contributed by atoms with Crippen LogP contribution in [0.3, 0.4) is 0 Å². The molecule has 0 saturated heterocycles. The number of urea groups is 1. The van der Waals surface area contributed by atoms with E-state index < -0.39 is 5.97 Å². The number of amides is 2. The largest absolute Gasteiger partial charge is 0.481 e. The Kier molecular flexibility index (Phi) is 8.67. The highest BCUT2D eigenvalue weighted by Crippen LogP contribution is 2.02. The van der Waals surface area contributed by atoms with E-state index in [1.54, 1.807) is 12.0 Å². The van der Waals surface area contributed by atoms with E-state index in [4.69, 9.17) is 9.84 Å². The fourth-order valence-corrected chi connectivity index (χ4v) is 1.97. The van der Waals surface area contributed by atoms with Crippen LogP contribution in [0.2, 0.25) is 0 Å². The number of carbonyl (C=O) groups excluding carboxylic acids is 1. The zero-order chi connectivity index (χ0) is 16.2. The normalized spacial score (nSPS) is 10.2. The molecule has 2 amide bonds. The van der Waals surface area contributed by atoms with E-state index in [9.17, 15) is 9.59 Å². The predicted octanol–water partition coefficient (Wildman–Crippen LogP) is 1.75. The van der Waals surface area contributed by atoms with Crippen LogP contribution in [-0.4, -0.2) is 55.4 Å². The number of hydrogen-bond acceptors (Lipinski definition) is 3. The molecule has 6 heteroatoms. The van der Waals surface area contributed by atoms with Gasteiger partial charge in [0.2, 0.25) is 0 Å². The van der Waals surface area contributed by atoms with E-state index in [-0.39, 0.29) is 12.5 Å². The molecule has 0 radical (unpaired) electrons. The first kappa shape index (κ1) is 18.0. The van der Waals surface area contributed by atoms with Gasteiger partial charge in [-0.3, -0.25) is 4.79 Å². The molecule has 22 heavy (non-hydrogen) atoms. The van der Waals surface area contributed by atoms with Gasteiger partial charge in [0.25, 0.3) is 0 Å². The highest BCUT2D eigenvalue weighted by Gasteiger charge is 2.12. The number of nitrogens with zero attached hydrogens (tertiary/aromatic N) is 1. The third-order valence-corrected chi connectivity index (χ3v) is 3.21. The first-order valence-corrected chi connectivity index (χ1v) is 7.41. The van der Waals surface area contributed by atoms with Crippen molar-refractivity contribution in [2.24, 2.45) is 0 Å². The van der Waals surface area contributed by atoms with Gasteiger partial charge >= 0.3 is 12.0 Å². The van der Waals surface area contributed by atoms with Gasteiger partial charge in [0.05, 0.1) is 6.61 Å². The molecule has 0 aliphatic carbocycles. The van der Waals surface area contributed by atoms with Crippen LogP contribution in [0.5, 0.6) is 0 Å². The van der Waals surface area contributed by atoms with Crippen molar-refractivity contribution in [2.75, 3.05) is 33.4 Å². The summed E-state index contributed by atoms with van der Waals surface area (Å²) in [6.45, 7) is 1.93. The monoisotopic (exact) mass is 308 g/mol. The van der Waals surface area contributed by atoms with Crippen LogP contribution in [0, 0.1) is 0 Å². The zero-order valence-electron chi connectivity index (χ0n) is 13.0. The number of carbonyl (C=O) groups is 2. The second kappa shape index (κ2) is 10.6. The number of aliphatic carboxylic acids is 1. The Morgan fingerprint density at radius 1 is 1.23 bits per heavy atom. The minimum absolute atomic E-state index is 0.0579. The number of carboxylic acids is 1. The molecule has 0 unspecified atom stereocenters. The Morgan fingerprint density at radius 2 is 1.95 bits per heavy atom. The highest BCUT2D eigenvalue weighted by molar-refractivity contribution is 5.74. The molecule has 2 N–H and O–H groups in total. The quantitative estimate of drug-likeness (QED) is 0.646. The average Bonchev–Trinajstić information content (AvgIpc) is 2.52. The molecule has 1 rings (SSSR count). The molecule has 0 aliphatic heterocycles. The second-order valence-corrected chi connectivity index (χ2v) is 4.94. The first-order chi connectivity index (χ1) is 10.6. The van der Waals surface area contributed by atoms with Gasteiger partial charge in [0.15, 0.2) is 0 Å². The van der Waals surface area contributed by atoms with E-state index in [1.165, 1.54) is 5.56 Å². The van der Waals surface area contributed by atoms with Gasteiger partial charge < -0.3 is 20.1 Å². The van der Waals surface area contributed by atoms with Crippen molar-refractivity contribution in [3.05, 3.63) is 35.9 Å². The molecule has 0 saturated carbocycles. The number of rotatable bonds is 10. The SMILES string of the molecule is COCCN(CCc1ccccc1)C(=O)NCCCC(=O)O. The van der Waals surface area contributed by atoms with Gasteiger partial charge in [-0.15, -0.1) is 0 Å². The minimum atomic E-state index is -0.852. The molecular formula is C16H24N2O4. The highest BCUT2D eigenvalue weighted by atomic mass is 16.5. The molecule has 1 aromatic rings. The van der Waals surface area contributed by atoms with E-state index in [0.717, 1.165) is 6.42 Å². The van der Waals surface area contributed by atoms with Crippen molar-refractivity contribution in [1.29, 1.82) is 0 Å². The lowest BCUT2D eigenvalue weighted by Gasteiger charge is -2.23. The summed E-state index contributed by atoms with van der Waals surface area (Å²) in [6, 6.07) is 9.78. The lowest BCUT2D eigenvalue weighted by molar-refractivity contribution is -0.137. The number of ether oxygens (including phenoxy) is 1. The van der Waals surface area contributed by atoms with E-state index in [0.29, 0.717) is 32.7 Å². The van der Waals surface area contributed by atoms with Crippen LogP contribution in [0.15, 0.2) is 30.3 Å². The Labute approximate surface area is 131 Å². The molecular weight excluding hydrogens is 284 g/mol. The van der Waals surface area contributed by atoms with Gasteiger partial charge in [-0.2, -0.15) is 0 Å². The number of carboxylic acid groups (broad SMARTS) is 1. The number of nitrogens with one attached hydrogen (secondary N) is 1. The molecule has 0 bridgehead atoms. The minimum Gasteiger partial charge on any atom is -0.481 e. The van der Waals surface area contributed by atoms with Crippen molar-refractivity contribution >= 4 is 12.0 Å². The molecule has 6 nitrogen and oxygen atoms in total. The van der Waals surface area contributed by atoms with Gasteiger partial charge in [0.1, 0.15) is 0 Å². The van der Waals surface area contributed by atoms with Crippen LogP contribution in [0.4, 0.5) is 4.79 Å². The molecule has 122 valence electrons. The summed E-state index contributed by atoms with van der Waals surface area (Å²) in [5.41, 5.74) is 1.17. The molecule has 0 fully saturated rings. The maximum absolute atomic E-state index is 12.1. The van der Waals surface area contributed by atoms with E-state index in [1.807, 2.05) is 30.3 Å². The van der Waals surface area contributed by atoms with Crippen molar-refractivity contribution in [2.45, 2.75) is 19.3 Å². The molecule has 0 aliphatic rings. The molecule has 0 atom stereocenters. The average molecular weight is 308 g/mol. The Balaban J connectivity index is 2.41. The first-order valence-electron chi connectivity index (χ1n) is 7.41. The number of methoxy groups -OCH3 is 1. The Morgan fingerprint density at radius 3 is 2.59 bits per heavy atom. The third kappa shape index (κ3) is 7.64. The maximum atomic E-state index is 12.1. The lowest BCUT2D eigenvalue weighted by atomic mass is 10.1. The van der Waals surface area contributed by atoms with E-state index in [2.05, 4.69) is 5.32 Å². The summed E-state index contributed by atoms with van der Waals surface area (Å²) in [5.74, 6) is -0.852. The van der Waals surface area contributed by atoms with E-state index >= 15 is 0 Å².